The molecule has 1 aromatic carbocycles. The van der Waals surface area contributed by atoms with E-state index in [1.165, 1.54) is 0 Å². The molecule has 0 atom stereocenters. The summed E-state index contributed by atoms with van der Waals surface area (Å²) in [4.78, 5) is 11.9. The Bertz CT molecular complexity index is 320. The molecule has 0 saturated carbocycles. The number of rotatable bonds is 5. The normalized spacial score (nSPS) is 11.4. The van der Waals surface area contributed by atoms with E-state index in [2.05, 4.69) is 0 Å². The third-order valence-electron chi connectivity index (χ3n) is 2.21. The summed E-state index contributed by atoms with van der Waals surface area (Å²) < 4.78 is -1.28. The number of hydrogen-bond acceptors (Lipinski definition) is 1. The molecule has 0 N–H and O–H groups in total. The van der Waals surface area contributed by atoms with Crippen molar-refractivity contribution >= 4 is 29.0 Å². The Morgan fingerprint density at radius 3 is 2.40 bits per heavy atom. The quantitative estimate of drug-likeness (QED) is 0.560. The zero-order valence-electron chi connectivity index (χ0n) is 8.67. The van der Waals surface area contributed by atoms with Gasteiger partial charge in [0.1, 0.15) is 0 Å². The summed E-state index contributed by atoms with van der Waals surface area (Å²) in [6.45, 7) is 2.04. The summed E-state index contributed by atoms with van der Waals surface area (Å²) in [5, 5.41) is 0. The van der Waals surface area contributed by atoms with Crippen LogP contribution in [0, 0.1) is 0 Å². The highest BCUT2D eigenvalue weighted by molar-refractivity contribution is 6.59. The fourth-order valence-electron chi connectivity index (χ4n) is 1.31. The van der Waals surface area contributed by atoms with Crippen molar-refractivity contribution in [2.24, 2.45) is 0 Å². The van der Waals surface area contributed by atoms with E-state index in [-0.39, 0.29) is 5.78 Å². The van der Waals surface area contributed by atoms with Crippen molar-refractivity contribution in [2.45, 2.75) is 30.5 Å². The molecule has 1 aromatic rings. The fourth-order valence-corrected chi connectivity index (χ4v) is 1.80. The molecule has 82 valence electrons. The van der Waals surface area contributed by atoms with Crippen LogP contribution in [0.1, 0.15) is 36.5 Å². The topological polar surface area (TPSA) is 17.1 Å². The van der Waals surface area contributed by atoms with Gasteiger partial charge in [-0.05, 0) is 6.42 Å². The number of Topliss-reactive ketones (excluding diaryl/α,β-unsaturated/α-hetero) is 1. The second-order valence-corrected chi connectivity index (χ2v) is 4.99. The fraction of sp³-hybridized carbons (Fsp3) is 0.417. The van der Waals surface area contributed by atoms with Crippen LogP contribution in [0.3, 0.4) is 0 Å². The summed E-state index contributed by atoms with van der Waals surface area (Å²) in [7, 11) is 0. The molecule has 1 nitrogen and oxygen atoms in total. The summed E-state index contributed by atoms with van der Waals surface area (Å²) in [5.74, 6) is -0.208. The average molecular weight is 245 g/mol. The second kappa shape index (κ2) is 5.53. The Morgan fingerprint density at radius 2 is 1.87 bits per heavy atom. The monoisotopic (exact) mass is 244 g/mol. The van der Waals surface area contributed by atoms with Gasteiger partial charge >= 0.3 is 0 Å². The van der Waals surface area contributed by atoms with Crippen LogP contribution < -0.4 is 0 Å². The van der Waals surface area contributed by atoms with Crippen LogP contribution >= 0.6 is 23.2 Å². The zero-order valence-corrected chi connectivity index (χ0v) is 10.2. The summed E-state index contributed by atoms with van der Waals surface area (Å²) >= 11 is 12.0. The van der Waals surface area contributed by atoms with Gasteiger partial charge in [-0.25, -0.2) is 0 Å². The molecule has 0 aromatic heterocycles. The Labute approximate surface area is 100 Å². The van der Waals surface area contributed by atoms with Crippen LogP contribution in [0.2, 0.25) is 0 Å². The largest absolute Gasteiger partial charge is 0.291 e. The van der Waals surface area contributed by atoms with Crippen LogP contribution in [-0.4, -0.2) is 10.1 Å². The van der Waals surface area contributed by atoms with E-state index >= 15 is 0 Å². The minimum atomic E-state index is -1.28. The standard InChI is InChI=1S/C12H14Cl2O/c1-2-3-9-12(13,14)11(15)10-7-5-4-6-8-10/h4-8H,2-3,9H2,1H3. The first kappa shape index (κ1) is 12.5. The summed E-state index contributed by atoms with van der Waals surface area (Å²) in [6, 6.07) is 8.92. The lowest BCUT2D eigenvalue weighted by Gasteiger charge is -2.17. The van der Waals surface area contributed by atoms with E-state index in [1.807, 2.05) is 13.0 Å². The van der Waals surface area contributed by atoms with Gasteiger partial charge in [0.05, 0.1) is 0 Å². The predicted molar refractivity (Wildman–Crippen MR) is 64.7 cm³/mol. The van der Waals surface area contributed by atoms with Crippen molar-refractivity contribution in [1.29, 1.82) is 0 Å². The molecule has 0 heterocycles. The van der Waals surface area contributed by atoms with Gasteiger partial charge in [0, 0.05) is 5.56 Å². The highest BCUT2D eigenvalue weighted by atomic mass is 35.5. The molecule has 1 rings (SSSR count). The molecule has 0 aliphatic heterocycles. The minimum Gasteiger partial charge on any atom is -0.291 e. The summed E-state index contributed by atoms with van der Waals surface area (Å²) in [6.07, 6.45) is 2.33. The number of alkyl halides is 2. The van der Waals surface area contributed by atoms with Crippen molar-refractivity contribution < 1.29 is 4.79 Å². The molecule has 0 bridgehead atoms. The molecular formula is C12H14Cl2O. The number of carbonyl (C=O) groups is 1. The number of benzene rings is 1. The van der Waals surface area contributed by atoms with Crippen LogP contribution in [0.15, 0.2) is 30.3 Å². The average Bonchev–Trinajstić information content (AvgIpc) is 2.26. The lowest BCUT2D eigenvalue weighted by molar-refractivity contribution is 0.0968. The van der Waals surface area contributed by atoms with Crippen LogP contribution in [0.4, 0.5) is 0 Å². The van der Waals surface area contributed by atoms with E-state index in [0.717, 1.165) is 12.8 Å². The van der Waals surface area contributed by atoms with Crippen molar-refractivity contribution in [3.8, 4) is 0 Å². The Balaban J connectivity index is 2.75. The molecule has 0 aliphatic rings. The number of carbonyl (C=O) groups excluding carboxylic acids is 1. The molecule has 0 fully saturated rings. The summed E-state index contributed by atoms with van der Waals surface area (Å²) in [5.41, 5.74) is 0.568. The first-order chi connectivity index (χ1) is 7.08. The van der Waals surface area contributed by atoms with Crippen molar-refractivity contribution in [1.82, 2.24) is 0 Å². The molecular weight excluding hydrogens is 231 g/mol. The van der Waals surface area contributed by atoms with E-state index in [0.29, 0.717) is 12.0 Å². The van der Waals surface area contributed by atoms with Gasteiger partial charge in [-0.15, -0.1) is 0 Å². The maximum absolute atomic E-state index is 11.9. The first-order valence-electron chi connectivity index (χ1n) is 5.05. The van der Waals surface area contributed by atoms with Crippen molar-refractivity contribution in [2.75, 3.05) is 0 Å². The molecule has 0 unspecified atom stereocenters. The van der Waals surface area contributed by atoms with Crippen molar-refractivity contribution in [3.05, 3.63) is 35.9 Å². The van der Waals surface area contributed by atoms with Crippen LogP contribution in [-0.2, 0) is 0 Å². The minimum absolute atomic E-state index is 0.208. The van der Waals surface area contributed by atoms with Gasteiger partial charge in [-0.2, -0.15) is 0 Å². The first-order valence-corrected chi connectivity index (χ1v) is 5.81. The lowest BCUT2D eigenvalue weighted by atomic mass is 10.0. The van der Waals surface area contributed by atoms with Gasteiger partial charge in [0.25, 0.3) is 0 Å². The predicted octanol–water partition coefficient (Wildman–Crippen LogP) is 4.23. The maximum Gasteiger partial charge on any atom is 0.198 e. The van der Waals surface area contributed by atoms with Gasteiger partial charge in [-0.1, -0.05) is 73.3 Å². The van der Waals surface area contributed by atoms with Gasteiger partial charge < -0.3 is 0 Å². The number of unbranched alkanes of at least 4 members (excludes halogenated alkanes) is 1. The second-order valence-electron chi connectivity index (χ2n) is 3.50. The molecule has 0 radical (unpaired) electrons. The highest BCUT2D eigenvalue weighted by Crippen LogP contribution is 2.31. The zero-order chi connectivity index (χ0) is 11.3. The van der Waals surface area contributed by atoms with Crippen LogP contribution in [0.25, 0.3) is 0 Å². The van der Waals surface area contributed by atoms with Gasteiger partial charge in [0.15, 0.2) is 10.1 Å². The number of ketones is 1. The molecule has 0 saturated heterocycles. The van der Waals surface area contributed by atoms with E-state index in [4.69, 9.17) is 23.2 Å². The highest BCUT2D eigenvalue weighted by Gasteiger charge is 2.33. The lowest BCUT2D eigenvalue weighted by Crippen LogP contribution is -2.25. The van der Waals surface area contributed by atoms with Gasteiger partial charge in [0.2, 0.25) is 0 Å². The van der Waals surface area contributed by atoms with Crippen molar-refractivity contribution in [3.63, 3.8) is 0 Å². The van der Waals surface area contributed by atoms with Gasteiger partial charge in [-0.3, -0.25) is 4.79 Å². The number of halogens is 2. The van der Waals surface area contributed by atoms with Crippen LogP contribution in [0.5, 0.6) is 0 Å². The smallest absolute Gasteiger partial charge is 0.198 e. The van der Waals surface area contributed by atoms with E-state index in [1.54, 1.807) is 24.3 Å². The van der Waals surface area contributed by atoms with E-state index in [9.17, 15) is 4.79 Å². The Morgan fingerprint density at radius 1 is 1.27 bits per heavy atom. The number of hydrogen-bond donors (Lipinski definition) is 0. The van der Waals surface area contributed by atoms with E-state index < -0.39 is 4.33 Å². The maximum atomic E-state index is 11.9. The SMILES string of the molecule is CCCCC(Cl)(Cl)C(=O)c1ccccc1. The molecule has 3 heteroatoms. The molecule has 0 spiro atoms. The molecule has 0 aliphatic carbocycles. The Kier molecular flexibility index (Phi) is 4.62. The third kappa shape index (κ3) is 3.51. The Hall–Kier alpha value is -0.530. The molecule has 0 amide bonds. The third-order valence-corrected chi connectivity index (χ3v) is 2.93. The molecule has 15 heavy (non-hydrogen) atoms.